The summed E-state index contributed by atoms with van der Waals surface area (Å²) >= 11 is 0. The first-order valence-corrected chi connectivity index (χ1v) is 14.1. The molecule has 12 heteroatoms. The van der Waals surface area contributed by atoms with Gasteiger partial charge >= 0.3 is 5.97 Å². The SMILES string of the molecule is CCOC(=O)CS(=O)(=O)N(C/C=C/c1cccc(C(=N)N)c1)c1ccc(OC2CCN(C(C)=N)CC2)c(F)c1. The number of nitrogens with two attached hydrogens (primary N) is 1. The van der Waals surface area contributed by atoms with Crippen molar-refractivity contribution in [1.29, 1.82) is 10.8 Å². The van der Waals surface area contributed by atoms with Crippen LogP contribution >= 0.6 is 0 Å². The van der Waals surface area contributed by atoms with Gasteiger partial charge in [0.15, 0.2) is 17.3 Å². The number of likely N-dealkylation sites (tertiary alicyclic amines) is 1. The van der Waals surface area contributed by atoms with Gasteiger partial charge in [0.25, 0.3) is 0 Å². The molecule has 10 nitrogen and oxygen atoms in total. The number of sulfonamides is 1. The van der Waals surface area contributed by atoms with Crippen molar-refractivity contribution in [2.24, 2.45) is 5.73 Å². The van der Waals surface area contributed by atoms with E-state index < -0.39 is 27.6 Å². The lowest BCUT2D eigenvalue weighted by atomic mass is 10.1. The zero-order valence-corrected chi connectivity index (χ0v) is 22.8. The van der Waals surface area contributed by atoms with Gasteiger partial charge < -0.3 is 20.1 Å². The largest absolute Gasteiger partial charge is 0.487 e. The normalized spacial score (nSPS) is 14.3. The number of nitrogens with one attached hydrogen (secondary N) is 2. The molecule has 1 fully saturated rings. The van der Waals surface area contributed by atoms with E-state index in [1.54, 1.807) is 50.3 Å². The van der Waals surface area contributed by atoms with Gasteiger partial charge in [-0.3, -0.25) is 19.9 Å². The fourth-order valence-electron chi connectivity index (χ4n) is 4.13. The Kier molecular flexibility index (Phi) is 10.0. The molecule has 0 spiro atoms. The number of piperidine rings is 1. The highest BCUT2D eigenvalue weighted by atomic mass is 32.2. The third kappa shape index (κ3) is 8.28. The second-order valence-electron chi connectivity index (χ2n) is 9.04. The predicted molar refractivity (Wildman–Crippen MR) is 149 cm³/mol. The summed E-state index contributed by atoms with van der Waals surface area (Å²) in [5, 5.41) is 15.3. The topological polar surface area (TPSA) is 150 Å². The fourth-order valence-corrected chi connectivity index (χ4v) is 5.42. The molecule has 0 aromatic heterocycles. The Morgan fingerprint density at radius 1 is 1.21 bits per heavy atom. The standard InChI is InChI=1S/C27H34FN5O5S/c1-3-37-26(34)18-39(35,36)33(13-5-7-20-6-4-8-21(16-20)27(30)31)22-9-10-25(24(28)17-22)38-23-11-14-32(15-12-23)19(2)29/h4-10,16-17,23,29H,3,11-15,18H2,1-2H3,(H3,30,31)/b7-5+,29-19?. The number of carbonyl (C=O) groups is 1. The molecule has 0 bridgehead atoms. The van der Waals surface area contributed by atoms with E-state index in [2.05, 4.69) is 0 Å². The lowest BCUT2D eigenvalue weighted by molar-refractivity contribution is -0.139. The maximum absolute atomic E-state index is 15.1. The van der Waals surface area contributed by atoms with Crippen molar-refractivity contribution in [3.05, 3.63) is 65.5 Å². The molecule has 0 atom stereocenters. The molecule has 1 heterocycles. The van der Waals surface area contributed by atoms with E-state index in [1.807, 2.05) is 4.90 Å². The number of anilines is 1. The van der Waals surface area contributed by atoms with Gasteiger partial charge in [0.2, 0.25) is 10.0 Å². The summed E-state index contributed by atoms with van der Waals surface area (Å²) in [7, 11) is -4.22. The van der Waals surface area contributed by atoms with Crippen LogP contribution < -0.4 is 14.8 Å². The number of esters is 1. The van der Waals surface area contributed by atoms with Gasteiger partial charge in [-0.1, -0.05) is 30.4 Å². The minimum absolute atomic E-state index is 0.00288. The van der Waals surface area contributed by atoms with Crippen LogP contribution in [0.1, 0.15) is 37.8 Å². The molecule has 1 aliphatic rings. The van der Waals surface area contributed by atoms with Gasteiger partial charge in [-0.2, -0.15) is 0 Å². The minimum atomic E-state index is -4.22. The summed E-state index contributed by atoms with van der Waals surface area (Å²) in [6, 6.07) is 10.7. The highest BCUT2D eigenvalue weighted by Crippen LogP contribution is 2.28. The molecular formula is C27H34FN5O5S. The smallest absolute Gasteiger partial charge is 0.323 e. The summed E-state index contributed by atoms with van der Waals surface area (Å²) in [5.41, 5.74) is 6.77. The van der Waals surface area contributed by atoms with Crippen molar-refractivity contribution in [3.8, 4) is 5.75 Å². The molecule has 4 N–H and O–H groups in total. The number of hydrogen-bond donors (Lipinski definition) is 3. The van der Waals surface area contributed by atoms with Crippen molar-refractivity contribution in [2.45, 2.75) is 32.8 Å². The Balaban J connectivity index is 1.82. The van der Waals surface area contributed by atoms with Gasteiger partial charge in [0.05, 0.1) is 24.7 Å². The highest BCUT2D eigenvalue weighted by Gasteiger charge is 2.27. The lowest BCUT2D eigenvalue weighted by Crippen LogP contribution is -2.40. The third-order valence-electron chi connectivity index (χ3n) is 6.13. The summed E-state index contributed by atoms with van der Waals surface area (Å²) in [4.78, 5) is 13.9. The Hall–Kier alpha value is -3.93. The number of ether oxygens (including phenoxy) is 2. The zero-order chi connectivity index (χ0) is 28.6. The fraction of sp³-hybridized carbons (Fsp3) is 0.370. The number of halogens is 1. The molecular weight excluding hydrogens is 525 g/mol. The molecule has 2 aromatic rings. The summed E-state index contributed by atoms with van der Waals surface area (Å²) < 4.78 is 53.1. The third-order valence-corrected chi connectivity index (χ3v) is 7.77. The first-order valence-electron chi connectivity index (χ1n) is 12.5. The monoisotopic (exact) mass is 559 g/mol. The Morgan fingerprint density at radius 3 is 2.54 bits per heavy atom. The van der Waals surface area contributed by atoms with Crippen LogP contribution in [0.4, 0.5) is 10.1 Å². The first kappa shape index (κ1) is 29.6. The Bertz CT molecular complexity index is 1340. The van der Waals surface area contributed by atoms with Crippen LogP contribution in [-0.2, 0) is 19.6 Å². The van der Waals surface area contributed by atoms with Crippen molar-refractivity contribution >= 4 is 39.4 Å². The molecule has 0 saturated carbocycles. The number of nitrogen functional groups attached to an aromatic ring is 1. The number of amidine groups is 2. The van der Waals surface area contributed by atoms with Gasteiger partial charge in [-0.05, 0) is 37.6 Å². The second-order valence-corrected chi connectivity index (χ2v) is 10.9. The van der Waals surface area contributed by atoms with Gasteiger partial charge in [-0.15, -0.1) is 0 Å². The Labute approximate surface area is 228 Å². The maximum Gasteiger partial charge on any atom is 0.323 e. The zero-order valence-electron chi connectivity index (χ0n) is 22.0. The summed E-state index contributed by atoms with van der Waals surface area (Å²) in [5.74, 6) is -2.16. The van der Waals surface area contributed by atoms with Gasteiger partial charge in [0.1, 0.15) is 11.9 Å². The van der Waals surface area contributed by atoms with E-state index in [-0.39, 0.29) is 36.5 Å². The first-order chi connectivity index (χ1) is 18.5. The van der Waals surface area contributed by atoms with E-state index in [0.717, 1.165) is 10.4 Å². The second kappa shape index (κ2) is 13.2. The van der Waals surface area contributed by atoms with E-state index >= 15 is 4.39 Å². The van der Waals surface area contributed by atoms with Crippen LogP contribution in [0.15, 0.2) is 48.5 Å². The highest BCUT2D eigenvalue weighted by molar-refractivity contribution is 7.93. The molecule has 0 aliphatic carbocycles. The van der Waals surface area contributed by atoms with Crippen molar-refractivity contribution in [3.63, 3.8) is 0 Å². The Morgan fingerprint density at radius 2 is 1.92 bits per heavy atom. The average molecular weight is 560 g/mol. The number of benzene rings is 2. The van der Waals surface area contributed by atoms with E-state index in [1.165, 1.54) is 12.1 Å². The predicted octanol–water partition coefficient (Wildman–Crippen LogP) is 3.36. The molecule has 2 aromatic carbocycles. The van der Waals surface area contributed by atoms with E-state index in [0.29, 0.717) is 42.9 Å². The number of rotatable bonds is 11. The maximum atomic E-state index is 15.1. The molecule has 1 aliphatic heterocycles. The van der Waals surface area contributed by atoms with Crippen LogP contribution in [0.3, 0.4) is 0 Å². The molecule has 39 heavy (non-hydrogen) atoms. The summed E-state index contributed by atoms with van der Waals surface area (Å²) in [6.07, 6.45) is 4.25. The number of hydrogen-bond acceptors (Lipinski definition) is 7. The van der Waals surface area contributed by atoms with Crippen LogP contribution in [0.5, 0.6) is 5.75 Å². The van der Waals surface area contributed by atoms with E-state index in [4.69, 9.17) is 26.0 Å². The quantitative estimate of drug-likeness (QED) is 0.217. The van der Waals surface area contributed by atoms with Crippen LogP contribution in [-0.4, -0.2) is 69.1 Å². The molecule has 210 valence electrons. The molecule has 3 rings (SSSR count). The summed E-state index contributed by atoms with van der Waals surface area (Å²) in [6.45, 7) is 4.42. The molecule has 1 saturated heterocycles. The van der Waals surface area contributed by atoms with Crippen molar-refractivity contribution in [2.75, 3.05) is 36.3 Å². The van der Waals surface area contributed by atoms with Gasteiger partial charge in [0, 0.05) is 37.6 Å². The number of carbonyl (C=O) groups excluding carboxylic acids is 1. The van der Waals surface area contributed by atoms with Crippen LogP contribution in [0.2, 0.25) is 0 Å². The average Bonchev–Trinajstić information content (AvgIpc) is 2.88. The van der Waals surface area contributed by atoms with Gasteiger partial charge in [-0.25, -0.2) is 12.8 Å². The minimum Gasteiger partial charge on any atom is -0.487 e. The lowest BCUT2D eigenvalue weighted by Gasteiger charge is -2.33. The van der Waals surface area contributed by atoms with Crippen molar-refractivity contribution in [1.82, 2.24) is 4.90 Å². The molecule has 0 unspecified atom stereocenters. The molecule has 0 radical (unpaired) electrons. The van der Waals surface area contributed by atoms with Crippen LogP contribution in [0, 0.1) is 16.6 Å². The molecule has 0 amide bonds. The van der Waals surface area contributed by atoms with Crippen molar-refractivity contribution < 1.29 is 27.1 Å². The van der Waals surface area contributed by atoms with Crippen LogP contribution in [0.25, 0.3) is 6.08 Å². The number of nitrogens with zero attached hydrogens (tertiary/aromatic N) is 2. The van der Waals surface area contributed by atoms with E-state index in [9.17, 15) is 13.2 Å².